The lowest BCUT2D eigenvalue weighted by atomic mass is 10.1. The highest BCUT2D eigenvalue weighted by molar-refractivity contribution is 5.75. The molecule has 1 unspecified atom stereocenters. The van der Waals surface area contributed by atoms with Crippen LogP contribution in [0.4, 0.5) is 0 Å². The number of oxazole rings is 1. The number of likely N-dealkylation sites (N-methyl/N-ethyl adjacent to an activating group) is 1. The highest BCUT2D eigenvalue weighted by Crippen LogP contribution is 2.18. The van der Waals surface area contributed by atoms with Gasteiger partial charge in [0.15, 0.2) is 5.58 Å². The van der Waals surface area contributed by atoms with E-state index in [0.717, 1.165) is 17.4 Å². The first-order chi connectivity index (χ1) is 7.67. The van der Waals surface area contributed by atoms with E-state index in [1.54, 1.807) is 32.3 Å². The maximum Gasteiger partial charge on any atom is 0.419 e. The number of rotatable bonds is 3. The van der Waals surface area contributed by atoms with Gasteiger partial charge in [0, 0.05) is 7.05 Å². The van der Waals surface area contributed by atoms with E-state index in [0.29, 0.717) is 5.58 Å². The molecule has 0 radical (unpaired) electrons. The van der Waals surface area contributed by atoms with Crippen molar-refractivity contribution in [3.8, 4) is 0 Å². The van der Waals surface area contributed by atoms with Crippen molar-refractivity contribution in [2.75, 3.05) is 7.05 Å². The number of benzene rings is 1. The molecule has 2 aromatic rings. The molecule has 2 rings (SSSR count). The van der Waals surface area contributed by atoms with Gasteiger partial charge in [0.1, 0.15) is 6.29 Å². The van der Waals surface area contributed by atoms with Gasteiger partial charge in [-0.15, -0.1) is 0 Å². The zero-order chi connectivity index (χ0) is 11.7. The first-order valence-electron chi connectivity index (χ1n) is 4.89. The fourth-order valence-corrected chi connectivity index (χ4v) is 1.66. The Labute approximate surface area is 91.7 Å². The lowest BCUT2D eigenvalue weighted by Gasteiger charge is -2.08. The van der Waals surface area contributed by atoms with E-state index in [9.17, 15) is 9.59 Å². The molecule has 1 N–H and O–H groups in total. The summed E-state index contributed by atoms with van der Waals surface area (Å²) in [5, 5.41) is 2.86. The van der Waals surface area contributed by atoms with Crippen LogP contribution >= 0.6 is 0 Å². The molecule has 1 atom stereocenters. The Morgan fingerprint density at radius 3 is 2.88 bits per heavy atom. The molecule has 0 spiro atoms. The lowest BCUT2D eigenvalue weighted by Crippen LogP contribution is -2.17. The molecular weight excluding hydrogens is 208 g/mol. The summed E-state index contributed by atoms with van der Waals surface area (Å²) in [5.41, 5.74) is 1.99. The number of nitrogens with one attached hydrogen (secondary N) is 1. The van der Waals surface area contributed by atoms with Crippen molar-refractivity contribution >= 4 is 17.4 Å². The molecule has 0 bridgehead atoms. The number of hydrogen-bond donors (Lipinski definition) is 1. The zero-order valence-corrected chi connectivity index (χ0v) is 9.06. The molecule has 5 heteroatoms. The molecule has 0 fully saturated rings. The highest BCUT2D eigenvalue weighted by Gasteiger charge is 2.11. The molecule has 0 aliphatic rings. The van der Waals surface area contributed by atoms with E-state index in [4.69, 9.17) is 4.42 Å². The summed E-state index contributed by atoms with van der Waals surface area (Å²) >= 11 is 0. The fraction of sp³-hybridized carbons (Fsp3) is 0.273. The van der Waals surface area contributed by atoms with Gasteiger partial charge < -0.3 is 14.5 Å². The molecular formula is C11H12N2O3. The molecule has 0 saturated carbocycles. The summed E-state index contributed by atoms with van der Waals surface area (Å²) in [7, 11) is 3.34. The van der Waals surface area contributed by atoms with E-state index in [1.807, 2.05) is 0 Å². The third kappa shape index (κ3) is 1.55. The van der Waals surface area contributed by atoms with E-state index >= 15 is 0 Å². The predicted octanol–water partition coefficient (Wildman–Crippen LogP) is 0.591. The van der Waals surface area contributed by atoms with Gasteiger partial charge in [0.05, 0.1) is 11.6 Å². The second-order valence-corrected chi connectivity index (χ2v) is 3.56. The average molecular weight is 220 g/mol. The molecule has 0 saturated heterocycles. The van der Waals surface area contributed by atoms with Crippen LogP contribution in [0.15, 0.2) is 27.4 Å². The second kappa shape index (κ2) is 3.94. The minimum absolute atomic E-state index is 0.380. The predicted molar refractivity (Wildman–Crippen MR) is 59.3 cm³/mol. The molecule has 0 aliphatic carbocycles. The van der Waals surface area contributed by atoms with Gasteiger partial charge in [-0.2, -0.15) is 0 Å². The Morgan fingerprint density at radius 2 is 2.25 bits per heavy atom. The van der Waals surface area contributed by atoms with Gasteiger partial charge in [-0.1, -0.05) is 6.07 Å². The Kier molecular flexibility index (Phi) is 2.62. The van der Waals surface area contributed by atoms with Crippen LogP contribution in [0, 0.1) is 0 Å². The number of hydrogen-bond acceptors (Lipinski definition) is 4. The summed E-state index contributed by atoms with van der Waals surface area (Å²) in [4.78, 5) is 22.1. The first kappa shape index (κ1) is 10.6. The molecule has 1 aromatic heterocycles. The summed E-state index contributed by atoms with van der Waals surface area (Å²) in [6.45, 7) is 0. The number of carbonyl (C=O) groups is 1. The first-order valence-corrected chi connectivity index (χ1v) is 4.89. The maximum atomic E-state index is 11.3. The maximum absolute atomic E-state index is 11.3. The molecule has 1 heterocycles. The van der Waals surface area contributed by atoms with Crippen LogP contribution in [-0.4, -0.2) is 17.9 Å². The molecule has 1 aromatic carbocycles. The van der Waals surface area contributed by atoms with E-state index in [-0.39, 0.29) is 6.04 Å². The van der Waals surface area contributed by atoms with Crippen LogP contribution in [-0.2, 0) is 11.8 Å². The Balaban J connectivity index is 2.60. The highest BCUT2D eigenvalue weighted by atomic mass is 16.4. The smallest absolute Gasteiger partial charge is 0.408 e. The topological polar surface area (TPSA) is 64.2 Å². The van der Waals surface area contributed by atoms with Crippen molar-refractivity contribution in [3.63, 3.8) is 0 Å². The van der Waals surface area contributed by atoms with Gasteiger partial charge in [-0.3, -0.25) is 4.57 Å². The van der Waals surface area contributed by atoms with Gasteiger partial charge in [0.25, 0.3) is 0 Å². The van der Waals surface area contributed by atoms with Crippen LogP contribution < -0.4 is 11.1 Å². The standard InChI is InChI=1S/C11H12N2O3/c1-12-8(6-14)7-3-4-9-10(5-7)16-11(15)13(9)2/h3-6,8,12H,1-2H3. The normalized spacial score (nSPS) is 12.9. The minimum atomic E-state index is -0.403. The van der Waals surface area contributed by atoms with Crippen molar-refractivity contribution in [2.45, 2.75) is 6.04 Å². The Bertz CT molecular complexity index is 582. The summed E-state index contributed by atoms with van der Waals surface area (Å²) in [6.07, 6.45) is 0.808. The molecule has 16 heavy (non-hydrogen) atoms. The van der Waals surface area contributed by atoms with Crippen molar-refractivity contribution in [1.82, 2.24) is 9.88 Å². The van der Waals surface area contributed by atoms with E-state index in [1.165, 1.54) is 4.57 Å². The van der Waals surface area contributed by atoms with Crippen molar-refractivity contribution < 1.29 is 9.21 Å². The summed E-state index contributed by atoms with van der Waals surface area (Å²) in [6, 6.07) is 4.89. The zero-order valence-electron chi connectivity index (χ0n) is 9.06. The number of fused-ring (bicyclic) bond motifs is 1. The number of aromatic nitrogens is 1. The van der Waals surface area contributed by atoms with Gasteiger partial charge in [-0.25, -0.2) is 4.79 Å². The third-order valence-electron chi connectivity index (χ3n) is 2.62. The molecule has 0 amide bonds. The van der Waals surface area contributed by atoms with E-state index in [2.05, 4.69) is 5.32 Å². The quantitative estimate of drug-likeness (QED) is 0.769. The minimum Gasteiger partial charge on any atom is -0.408 e. The van der Waals surface area contributed by atoms with Gasteiger partial charge in [-0.05, 0) is 24.7 Å². The van der Waals surface area contributed by atoms with Crippen LogP contribution in [0.1, 0.15) is 11.6 Å². The number of aryl methyl sites for hydroxylation is 1. The second-order valence-electron chi connectivity index (χ2n) is 3.56. The molecule has 84 valence electrons. The van der Waals surface area contributed by atoms with E-state index < -0.39 is 5.76 Å². The fourth-order valence-electron chi connectivity index (χ4n) is 1.66. The molecule has 0 aliphatic heterocycles. The SMILES string of the molecule is CNC(C=O)c1ccc2c(c1)oc(=O)n2C. The summed E-state index contributed by atoms with van der Waals surface area (Å²) in [5.74, 6) is -0.403. The monoisotopic (exact) mass is 220 g/mol. The van der Waals surface area contributed by atoms with Crippen LogP contribution in [0.2, 0.25) is 0 Å². The van der Waals surface area contributed by atoms with Crippen LogP contribution in [0.5, 0.6) is 0 Å². The average Bonchev–Trinajstić information content (AvgIpc) is 2.56. The van der Waals surface area contributed by atoms with Crippen molar-refractivity contribution in [3.05, 3.63) is 34.3 Å². The third-order valence-corrected chi connectivity index (χ3v) is 2.62. The van der Waals surface area contributed by atoms with Crippen LogP contribution in [0.25, 0.3) is 11.1 Å². The number of aldehydes is 1. The molecule has 5 nitrogen and oxygen atoms in total. The Morgan fingerprint density at radius 1 is 1.50 bits per heavy atom. The number of nitrogens with zero attached hydrogens (tertiary/aromatic N) is 1. The largest absolute Gasteiger partial charge is 0.419 e. The Hall–Kier alpha value is -1.88. The summed E-state index contributed by atoms with van der Waals surface area (Å²) < 4.78 is 6.47. The van der Waals surface area contributed by atoms with Gasteiger partial charge in [0.2, 0.25) is 0 Å². The van der Waals surface area contributed by atoms with Crippen molar-refractivity contribution in [2.24, 2.45) is 7.05 Å². The van der Waals surface area contributed by atoms with Crippen LogP contribution in [0.3, 0.4) is 0 Å². The van der Waals surface area contributed by atoms with Gasteiger partial charge >= 0.3 is 5.76 Å². The lowest BCUT2D eigenvalue weighted by molar-refractivity contribution is -0.109. The van der Waals surface area contributed by atoms with Crippen molar-refractivity contribution in [1.29, 1.82) is 0 Å². The number of carbonyl (C=O) groups excluding carboxylic acids is 1.